The Bertz CT molecular complexity index is 1380. The van der Waals surface area contributed by atoms with Gasteiger partial charge in [-0.2, -0.15) is 5.10 Å². The monoisotopic (exact) mass is 591 g/mol. The van der Waals surface area contributed by atoms with Crippen LogP contribution in [0.25, 0.3) is 17.2 Å². The van der Waals surface area contributed by atoms with E-state index in [1.165, 1.54) is 24.2 Å². The standard InChI is InChI=1S/C25H30ClN7O4S2/c1-31(2)39-37-21-14-16(26)10-11-17(21)22(36-6)15-38-30-25-28-27-24(18-12-13-32(3)29-18)33(25)23-19(34-4)8-7-9-20(23)35-5/h7-14,22H,15H2,1-6H3,(H,28,30). The van der Waals surface area contributed by atoms with Crippen molar-refractivity contribution in [3.63, 3.8) is 0 Å². The maximum absolute atomic E-state index is 6.24. The van der Waals surface area contributed by atoms with E-state index in [-0.39, 0.29) is 6.10 Å². The molecule has 0 radical (unpaired) electrons. The zero-order valence-electron chi connectivity index (χ0n) is 22.4. The summed E-state index contributed by atoms with van der Waals surface area (Å²) in [5.74, 6) is 3.34. The van der Waals surface area contributed by atoms with E-state index in [0.717, 1.165) is 5.56 Å². The van der Waals surface area contributed by atoms with Crippen molar-refractivity contribution in [3.05, 3.63) is 59.2 Å². The highest BCUT2D eigenvalue weighted by Crippen LogP contribution is 2.38. The van der Waals surface area contributed by atoms with Gasteiger partial charge >= 0.3 is 0 Å². The smallest absolute Gasteiger partial charge is 0.239 e. The molecule has 0 bridgehead atoms. The highest BCUT2D eigenvalue weighted by atomic mass is 35.5. The van der Waals surface area contributed by atoms with Crippen LogP contribution in [-0.4, -0.2) is 70.0 Å². The van der Waals surface area contributed by atoms with E-state index < -0.39 is 0 Å². The van der Waals surface area contributed by atoms with E-state index in [2.05, 4.69) is 20.0 Å². The second-order valence-electron chi connectivity index (χ2n) is 8.36. The summed E-state index contributed by atoms with van der Waals surface area (Å²) in [5, 5.41) is 14.0. The molecule has 0 fully saturated rings. The van der Waals surface area contributed by atoms with Gasteiger partial charge in [0.05, 0.1) is 20.3 Å². The SMILES string of the molecule is COc1cccc(OC)c1-n1c(NSCC(OC)c2ccc(Cl)cc2OSN(C)C)nnc1-c1ccn(C)n1. The van der Waals surface area contributed by atoms with Gasteiger partial charge in [0.2, 0.25) is 5.95 Å². The van der Waals surface area contributed by atoms with E-state index in [9.17, 15) is 0 Å². The minimum Gasteiger partial charge on any atom is -0.494 e. The first-order chi connectivity index (χ1) is 18.9. The third-order valence-corrected chi connectivity index (χ3v) is 7.10. The molecule has 4 aromatic rings. The Morgan fingerprint density at radius 1 is 1.03 bits per heavy atom. The van der Waals surface area contributed by atoms with Gasteiger partial charge in [0.15, 0.2) is 5.82 Å². The molecule has 0 saturated heterocycles. The van der Waals surface area contributed by atoms with Crippen molar-refractivity contribution in [2.45, 2.75) is 6.10 Å². The van der Waals surface area contributed by atoms with Crippen molar-refractivity contribution in [3.8, 4) is 34.5 Å². The predicted molar refractivity (Wildman–Crippen MR) is 156 cm³/mol. The van der Waals surface area contributed by atoms with Gasteiger partial charge in [-0.3, -0.25) is 14.0 Å². The van der Waals surface area contributed by atoms with Crippen LogP contribution < -0.4 is 18.4 Å². The molecule has 0 saturated carbocycles. The molecule has 2 aromatic carbocycles. The number of hydrogen-bond donors (Lipinski definition) is 1. The number of anilines is 1. The van der Waals surface area contributed by atoms with Crippen LogP contribution in [0.2, 0.25) is 5.02 Å². The Morgan fingerprint density at radius 3 is 2.38 bits per heavy atom. The fourth-order valence-electron chi connectivity index (χ4n) is 3.74. The van der Waals surface area contributed by atoms with Crippen molar-refractivity contribution in [2.24, 2.45) is 7.05 Å². The van der Waals surface area contributed by atoms with Gasteiger partial charge in [-0.25, -0.2) is 4.31 Å². The predicted octanol–water partition coefficient (Wildman–Crippen LogP) is 5.29. The summed E-state index contributed by atoms with van der Waals surface area (Å²) in [6, 6.07) is 12.9. The van der Waals surface area contributed by atoms with Crippen LogP contribution in [0.4, 0.5) is 5.95 Å². The summed E-state index contributed by atoms with van der Waals surface area (Å²) in [6.45, 7) is 0. The molecule has 1 atom stereocenters. The molecule has 0 spiro atoms. The van der Waals surface area contributed by atoms with E-state index >= 15 is 0 Å². The molecule has 208 valence electrons. The summed E-state index contributed by atoms with van der Waals surface area (Å²) >= 11 is 8.86. The lowest BCUT2D eigenvalue weighted by Crippen LogP contribution is -2.11. The van der Waals surface area contributed by atoms with Gasteiger partial charge in [-0.05, 0) is 36.2 Å². The number of nitrogens with zero attached hydrogens (tertiary/aromatic N) is 6. The van der Waals surface area contributed by atoms with E-state index in [4.69, 9.17) is 30.0 Å². The normalized spacial score (nSPS) is 12.0. The van der Waals surface area contributed by atoms with Crippen LogP contribution in [-0.2, 0) is 11.8 Å². The Kier molecular flexibility index (Phi) is 9.86. The van der Waals surface area contributed by atoms with Crippen molar-refractivity contribution in [1.82, 2.24) is 28.9 Å². The van der Waals surface area contributed by atoms with Crippen LogP contribution in [0.3, 0.4) is 0 Å². The Hall–Kier alpha value is -3.10. The molecule has 14 heteroatoms. The summed E-state index contributed by atoms with van der Waals surface area (Å²) in [4.78, 5) is 0. The number of methoxy groups -OCH3 is 3. The maximum Gasteiger partial charge on any atom is 0.239 e. The Morgan fingerprint density at radius 2 is 1.77 bits per heavy atom. The zero-order chi connectivity index (χ0) is 27.9. The number of para-hydroxylation sites is 1. The number of hydrogen-bond acceptors (Lipinski definition) is 11. The number of rotatable bonds is 13. The molecule has 4 rings (SSSR count). The second-order valence-corrected chi connectivity index (χ2v) is 10.7. The Balaban J connectivity index is 1.64. The molecule has 2 heterocycles. The van der Waals surface area contributed by atoms with Gasteiger partial charge in [0.25, 0.3) is 0 Å². The van der Waals surface area contributed by atoms with Crippen molar-refractivity contribution >= 4 is 41.7 Å². The number of nitrogens with one attached hydrogen (secondary N) is 1. The van der Waals surface area contributed by atoms with Gasteiger partial charge in [-0.15, -0.1) is 10.2 Å². The molecule has 1 unspecified atom stereocenters. The van der Waals surface area contributed by atoms with Crippen molar-refractivity contribution in [1.29, 1.82) is 0 Å². The number of benzene rings is 2. The number of ether oxygens (including phenoxy) is 3. The van der Waals surface area contributed by atoms with Gasteiger partial charge in [0, 0.05) is 56.9 Å². The molecule has 1 N–H and O–H groups in total. The van der Waals surface area contributed by atoms with Crippen LogP contribution in [0.1, 0.15) is 11.7 Å². The lowest BCUT2D eigenvalue weighted by molar-refractivity contribution is 0.122. The first kappa shape index (κ1) is 28.9. The van der Waals surface area contributed by atoms with E-state index in [1.54, 1.807) is 32.1 Å². The van der Waals surface area contributed by atoms with Gasteiger partial charge in [-0.1, -0.05) is 23.7 Å². The van der Waals surface area contributed by atoms with Crippen LogP contribution >= 0.6 is 35.8 Å². The highest BCUT2D eigenvalue weighted by Gasteiger charge is 2.24. The molecule has 0 aliphatic rings. The van der Waals surface area contributed by atoms with Crippen LogP contribution in [0.15, 0.2) is 48.7 Å². The molecular formula is C25H30ClN7O4S2. The molecule has 0 aliphatic carbocycles. The molecular weight excluding hydrogens is 562 g/mol. The number of halogens is 1. The first-order valence-corrected chi connectivity index (χ1v) is 13.8. The first-order valence-electron chi connectivity index (χ1n) is 11.7. The van der Waals surface area contributed by atoms with Crippen LogP contribution in [0.5, 0.6) is 17.2 Å². The van der Waals surface area contributed by atoms with Crippen molar-refractivity contribution < 1.29 is 18.4 Å². The fraction of sp³-hybridized carbons (Fsp3) is 0.320. The quantitative estimate of drug-likeness (QED) is 0.162. The summed E-state index contributed by atoms with van der Waals surface area (Å²) in [7, 11) is 10.5. The largest absolute Gasteiger partial charge is 0.494 e. The van der Waals surface area contributed by atoms with Crippen molar-refractivity contribution in [2.75, 3.05) is 45.9 Å². The molecule has 39 heavy (non-hydrogen) atoms. The minimum absolute atomic E-state index is 0.301. The maximum atomic E-state index is 6.24. The summed E-state index contributed by atoms with van der Waals surface area (Å²) in [6.07, 6.45) is 1.55. The lowest BCUT2D eigenvalue weighted by atomic mass is 10.1. The molecule has 0 aliphatic heterocycles. The molecule has 2 aromatic heterocycles. The Labute approximate surface area is 241 Å². The molecule has 0 amide bonds. The van der Waals surface area contributed by atoms with E-state index in [0.29, 0.717) is 51.2 Å². The average Bonchev–Trinajstić information content (AvgIpc) is 3.55. The van der Waals surface area contributed by atoms with Gasteiger partial charge in [0.1, 0.15) is 40.9 Å². The number of aryl methyl sites for hydroxylation is 1. The fourth-order valence-corrected chi connectivity index (χ4v) is 5.09. The van der Waals surface area contributed by atoms with Crippen LogP contribution in [0, 0.1) is 0 Å². The third-order valence-electron chi connectivity index (χ3n) is 5.51. The number of aromatic nitrogens is 5. The van der Waals surface area contributed by atoms with Gasteiger partial charge < -0.3 is 18.4 Å². The third kappa shape index (κ3) is 6.73. The summed E-state index contributed by atoms with van der Waals surface area (Å²) < 4.78 is 31.8. The average molecular weight is 592 g/mol. The second kappa shape index (κ2) is 13.3. The van der Waals surface area contributed by atoms with E-state index in [1.807, 2.05) is 72.6 Å². The molecule has 11 nitrogen and oxygen atoms in total. The minimum atomic E-state index is -0.301. The highest BCUT2D eigenvalue weighted by molar-refractivity contribution is 8.00. The zero-order valence-corrected chi connectivity index (χ0v) is 24.8. The lowest BCUT2D eigenvalue weighted by Gasteiger charge is -2.20. The summed E-state index contributed by atoms with van der Waals surface area (Å²) in [5.41, 5.74) is 2.16. The topological polar surface area (TPSA) is 101 Å².